The van der Waals surface area contributed by atoms with Gasteiger partial charge in [-0.3, -0.25) is 4.79 Å². The molecule has 0 radical (unpaired) electrons. The number of carbonyl (C=O) groups is 1. The Labute approximate surface area is 94.5 Å². The number of carboxylic acids is 1. The molecule has 1 unspecified atom stereocenters. The van der Waals surface area contributed by atoms with Crippen molar-refractivity contribution in [2.24, 2.45) is 0 Å². The van der Waals surface area contributed by atoms with E-state index >= 15 is 0 Å². The number of ether oxygens (including phenoxy) is 1. The molecule has 4 heteroatoms. The molecule has 1 atom stereocenters. The largest absolute Gasteiger partial charge is 0.490 e. The molecule has 0 aliphatic rings. The minimum absolute atomic E-state index is 0.00173. The molecule has 0 amide bonds. The summed E-state index contributed by atoms with van der Waals surface area (Å²) in [6.45, 7) is 1.88. The Balaban J connectivity index is 2.59. The fraction of sp³-hybridized carbons (Fsp3) is 0.417. The van der Waals surface area contributed by atoms with Crippen molar-refractivity contribution < 1.29 is 19.7 Å². The summed E-state index contributed by atoms with van der Waals surface area (Å²) < 4.78 is 5.51. The van der Waals surface area contributed by atoms with Crippen LogP contribution in [0.4, 0.5) is 0 Å². The number of hydrogen-bond donors (Lipinski definition) is 2. The highest BCUT2D eigenvalue weighted by Crippen LogP contribution is 2.16. The van der Waals surface area contributed by atoms with Crippen molar-refractivity contribution in [3.63, 3.8) is 0 Å². The van der Waals surface area contributed by atoms with Crippen molar-refractivity contribution in [2.75, 3.05) is 0 Å². The van der Waals surface area contributed by atoms with Crippen molar-refractivity contribution >= 4 is 5.97 Å². The van der Waals surface area contributed by atoms with Gasteiger partial charge in [-0.25, -0.2) is 0 Å². The summed E-state index contributed by atoms with van der Waals surface area (Å²) in [5.74, 6) is -0.232. The quantitative estimate of drug-likeness (QED) is 0.773. The standard InChI is InChI=1S/C12H16O4/c1-2-10(7-12(14)15)16-11-5-3-9(8-13)4-6-11/h3-6,10,13H,2,7-8H2,1H3,(H,14,15). The van der Waals surface area contributed by atoms with Crippen LogP contribution in [0.1, 0.15) is 25.3 Å². The van der Waals surface area contributed by atoms with Crippen LogP contribution < -0.4 is 4.74 Å². The number of hydrogen-bond acceptors (Lipinski definition) is 3. The van der Waals surface area contributed by atoms with Crippen LogP contribution in [0.25, 0.3) is 0 Å². The van der Waals surface area contributed by atoms with E-state index in [9.17, 15) is 4.79 Å². The number of benzene rings is 1. The van der Waals surface area contributed by atoms with E-state index in [2.05, 4.69) is 0 Å². The molecule has 0 aliphatic heterocycles. The fourth-order valence-corrected chi connectivity index (χ4v) is 1.33. The maximum absolute atomic E-state index is 10.5. The lowest BCUT2D eigenvalue weighted by atomic mass is 10.2. The van der Waals surface area contributed by atoms with Crippen molar-refractivity contribution in [1.29, 1.82) is 0 Å². The molecule has 0 aromatic heterocycles. The highest BCUT2D eigenvalue weighted by atomic mass is 16.5. The SMILES string of the molecule is CCC(CC(=O)O)Oc1ccc(CO)cc1. The van der Waals surface area contributed by atoms with Gasteiger partial charge in [-0.05, 0) is 24.1 Å². The third-order valence-corrected chi connectivity index (χ3v) is 2.27. The van der Waals surface area contributed by atoms with Gasteiger partial charge in [0.2, 0.25) is 0 Å². The van der Waals surface area contributed by atoms with Crippen molar-refractivity contribution in [1.82, 2.24) is 0 Å². The van der Waals surface area contributed by atoms with Gasteiger partial charge >= 0.3 is 5.97 Å². The minimum atomic E-state index is -0.862. The van der Waals surface area contributed by atoms with Crippen LogP contribution in [0.2, 0.25) is 0 Å². The van der Waals surface area contributed by atoms with E-state index in [1.165, 1.54) is 0 Å². The molecule has 4 nitrogen and oxygen atoms in total. The van der Waals surface area contributed by atoms with E-state index in [1.807, 2.05) is 6.92 Å². The molecule has 0 fully saturated rings. The van der Waals surface area contributed by atoms with Gasteiger partial charge in [-0.15, -0.1) is 0 Å². The second-order valence-corrected chi connectivity index (χ2v) is 3.55. The number of aliphatic hydroxyl groups is 1. The zero-order chi connectivity index (χ0) is 12.0. The first-order valence-electron chi connectivity index (χ1n) is 5.24. The number of rotatable bonds is 6. The molecule has 16 heavy (non-hydrogen) atoms. The first kappa shape index (κ1) is 12.5. The molecule has 0 bridgehead atoms. The lowest BCUT2D eigenvalue weighted by molar-refractivity contribution is -0.138. The Morgan fingerprint density at radius 2 is 2.00 bits per heavy atom. The topological polar surface area (TPSA) is 66.8 Å². The van der Waals surface area contributed by atoms with E-state index in [-0.39, 0.29) is 19.1 Å². The first-order chi connectivity index (χ1) is 7.65. The minimum Gasteiger partial charge on any atom is -0.490 e. The van der Waals surface area contributed by atoms with Gasteiger partial charge in [0.25, 0.3) is 0 Å². The normalized spacial score (nSPS) is 12.1. The smallest absolute Gasteiger partial charge is 0.307 e. The molecule has 0 saturated heterocycles. The van der Waals surface area contributed by atoms with Gasteiger partial charge in [0.05, 0.1) is 13.0 Å². The van der Waals surface area contributed by atoms with E-state index in [0.29, 0.717) is 12.2 Å². The Morgan fingerprint density at radius 1 is 1.38 bits per heavy atom. The Kier molecular flexibility index (Phi) is 4.79. The van der Waals surface area contributed by atoms with Crippen LogP contribution in [0.15, 0.2) is 24.3 Å². The summed E-state index contributed by atoms with van der Waals surface area (Å²) in [7, 11) is 0. The zero-order valence-corrected chi connectivity index (χ0v) is 9.22. The number of aliphatic hydroxyl groups excluding tert-OH is 1. The summed E-state index contributed by atoms with van der Waals surface area (Å²) in [4.78, 5) is 10.5. The lowest BCUT2D eigenvalue weighted by Crippen LogP contribution is -2.19. The van der Waals surface area contributed by atoms with Crippen LogP contribution in [0.3, 0.4) is 0 Å². The predicted octanol–water partition coefficient (Wildman–Crippen LogP) is 1.81. The first-order valence-corrected chi connectivity index (χ1v) is 5.24. The van der Waals surface area contributed by atoms with Crippen LogP contribution >= 0.6 is 0 Å². The average Bonchev–Trinajstić information content (AvgIpc) is 2.28. The molecular weight excluding hydrogens is 208 g/mol. The maximum atomic E-state index is 10.5. The molecule has 2 N–H and O–H groups in total. The summed E-state index contributed by atoms with van der Waals surface area (Å²) >= 11 is 0. The lowest BCUT2D eigenvalue weighted by Gasteiger charge is -2.15. The third-order valence-electron chi connectivity index (χ3n) is 2.27. The molecule has 1 aromatic rings. The summed E-state index contributed by atoms with van der Waals surface area (Å²) in [5.41, 5.74) is 0.804. The highest BCUT2D eigenvalue weighted by molar-refractivity contribution is 5.67. The van der Waals surface area contributed by atoms with Crippen LogP contribution in [0, 0.1) is 0 Å². The fourth-order valence-electron chi connectivity index (χ4n) is 1.33. The molecule has 0 aliphatic carbocycles. The molecule has 0 heterocycles. The highest BCUT2D eigenvalue weighted by Gasteiger charge is 2.12. The molecule has 0 saturated carbocycles. The average molecular weight is 224 g/mol. The van der Waals surface area contributed by atoms with Crippen LogP contribution in [-0.4, -0.2) is 22.3 Å². The molecule has 1 rings (SSSR count). The second kappa shape index (κ2) is 6.12. The zero-order valence-electron chi connectivity index (χ0n) is 9.22. The van der Waals surface area contributed by atoms with Crippen molar-refractivity contribution in [3.05, 3.63) is 29.8 Å². The summed E-state index contributed by atoms with van der Waals surface area (Å²) in [6.07, 6.45) is 0.337. The maximum Gasteiger partial charge on any atom is 0.307 e. The van der Waals surface area contributed by atoms with Gasteiger partial charge in [0, 0.05) is 0 Å². The molecule has 1 aromatic carbocycles. The number of aliphatic carboxylic acids is 1. The van der Waals surface area contributed by atoms with Crippen LogP contribution in [-0.2, 0) is 11.4 Å². The van der Waals surface area contributed by atoms with E-state index in [1.54, 1.807) is 24.3 Å². The summed E-state index contributed by atoms with van der Waals surface area (Å²) in [5, 5.41) is 17.5. The van der Waals surface area contributed by atoms with Crippen LogP contribution in [0.5, 0.6) is 5.75 Å². The predicted molar refractivity (Wildman–Crippen MR) is 59.3 cm³/mol. The van der Waals surface area contributed by atoms with E-state index < -0.39 is 5.97 Å². The summed E-state index contributed by atoms with van der Waals surface area (Å²) in [6, 6.07) is 6.97. The Morgan fingerprint density at radius 3 is 2.44 bits per heavy atom. The van der Waals surface area contributed by atoms with E-state index in [4.69, 9.17) is 14.9 Å². The van der Waals surface area contributed by atoms with Crippen molar-refractivity contribution in [2.45, 2.75) is 32.5 Å². The molecule has 0 spiro atoms. The van der Waals surface area contributed by atoms with Gasteiger partial charge in [-0.1, -0.05) is 19.1 Å². The molecular formula is C12H16O4. The van der Waals surface area contributed by atoms with Crippen molar-refractivity contribution in [3.8, 4) is 5.75 Å². The Hall–Kier alpha value is -1.55. The van der Waals surface area contributed by atoms with Gasteiger partial charge in [0.15, 0.2) is 0 Å². The molecule has 88 valence electrons. The second-order valence-electron chi connectivity index (χ2n) is 3.55. The monoisotopic (exact) mass is 224 g/mol. The van der Waals surface area contributed by atoms with Gasteiger partial charge in [-0.2, -0.15) is 0 Å². The third kappa shape index (κ3) is 3.90. The van der Waals surface area contributed by atoms with Gasteiger partial charge in [0.1, 0.15) is 11.9 Å². The van der Waals surface area contributed by atoms with E-state index in [0.717, 1.165) is 5.56 Å². The van der Waals surface area contributed by atoms with Gasteiger partial charge < -0.3 is 14.9 Å². The Bertz CT molecular complexity index is 331. The number of carboxylic acid groups (broad SMARTS) is 1.